The molecule has 2 N–H and O–H groups in total. The van der Waals surface area contributed by atoms with Crippen molar-refractivity contribution in [1.82, 2.24) is 4.57 Å². The second-order valence-corrected chi connectivity index (χ2v) is 6.82. The fourth-order valence-corrected chi connectivity index (χ4v) is 3.65. The largest absolute Gasteiger partial charge is 0.497 e. The van der Waals surface area contributed by atoms with Crippen molar-refractivity contribution >= 4 is 39.0 Å². The minimum absolute atomic E-state index is 0.00276. The van der Waals surface area contributed by atoms with Crippen molar-refractivity contribution in [3.63, 3.8) is 0 Å². The Morgan fingerprint density at radius 2 is 1.84 bits per heavy atom. The van der Waals surface area contributed by atoms with Crippen molar-refractivity contribution in [2.75, 3.05) is 17.7 Å². The molecule has 0 spiro atoms. The predicted octanol–water partition coefficient (Wildman–Crippen LogP) is 4.30. The quantitative estimate of drug-likeness (QED) is 0.731. The summed E-state index contributed by atoms with van der Waals surface area (Å²) in [6, 6.07) is 12.3. The van der Waals surface area contributed by atoms with Crippen molar-refractivity contribution in [3.05, 3.63) is 52.1 Å². The summed E-state index contributed by atoms with van der Waals surface area (Å²) in [4.78, 5) is 24.3. The van der Waals surface area contributed by atoms with Crippen LogP contribution in [0.3, 0.4) is 0 Å². The number of thiazole rings is 1. The number of hydrogen-bond acceptors (Lipinski definition) is 4. The molecule has 0 atom stereocenters. The zero-order chi connectivity index (χ0) is 18.0. The van der Waals surface area contributed by atoms with Gasteiger partial charge in [0.15, 0.2) is 0 Å². The first-order valence-electron chi connectivity index (χ1n) is 7.85. The number of hydrogen-bond donors (Lipinski definition) is 2. The van der Waals surface area contributed by atoms with Crippen molar-refractivity contribution in [3.8, 4) is 5.75 Å². The third kappa shape index (κ3) is 3.66. The molecule has 130 valence electrons. The number of carbonyl (C=O) groups is 1. The van der Waals surface area contributed by atoms with Gasteiger partial charge in [0.1, 0.15) is 5.75 Å². The highest BCUT2D eigenvalue weighted by Gasteiger charge is 2.11. The fraction of sp³-hybridized carbons (Fsp3) is 0.222. The Morgan fingerprint density at radius 1 is 1.12 bits per heavy atom. The van der Waals surface area contributed by atoms with Crippen LogP contribution >= 0.6 is 11.3 Å². The van der Waals surface area contributed by atoms with E-state index in [1.807, 2.05) is 26.0 Å². The van der Waals surface area contributed by atoms with Gasteiger partial charge >= 0.3 is 10.9 Å². The van der Waals surface area contributed by atoms with Crippen LogP contribution in [0.25, 0.3) is 10.2 Å². The lowest BCUT2D eigenvalue weighted by Crippen LogP contribution is -2.19. The lowest BCUT2D eigenvalue weighted by atomic mass is 10.2. The molecule has 1 aromatic heterocycles. The number of nitrogens with zero attached hydrogens (tertiary/aromatic N) is 1. The van der Waals surface area contributed by atoms with E-state index >= 15 is 0 Å². The molecule has 25 heavy (non-hydrogen) atoms. The van der Waals surface area contributed by atoms with E-state index in [1.54, 1.807) is 42.0 Å². The van der Waals surface area contributed by atoms with Crippen molar-refractivity contribution in [1.29, 1.82) is 0 Å². The summed E-state index contributed by atoms with van der Waals surface area (Å²) in [7, 11) is 1.57. The molecule has 7 heteroatoms. The monoisotopic (exact) mass is 357 g/mol. The molecule has 1 heterocycles. The molecule has 0 saturated carbocycles. The number of carbonyl (C=O) groups excluding carboxylic acids is 1. The van der Waals surface area contributed by atoms with Gasteiger partial charge in [0.2, 0.25) is 0 Å². The van der Waals surface area contributed by atoms with E-state index < -0.39 is 0 Å². The van der Waals surface area contributed by atoms with Crippen LogP contribution in [-0.2, 0) is 0 Å². The maximum absolute atomic E-state index is 12.2. The van der Waals surface area contributed by atoms with Crippen LogP contribution < -0.4 is 20.2 Å². The Labute approximate surface area is 149 Å². The first-order valence-corrected chi connectivity index (χ1v) is 8.66. The van der Waals surface area contributed by atoms with Gasteiger partial charge in [0.25, 0.3) is 0 Å². The minimum atomic E-state index is -0.358. The van der Waals surface area contributed by atoms with Crippen molar-refractivity contribution < 1.29 is 9.53 Å². The van der Waals surface area contributed by atoms with Gasteiger partial charge in [0.05, 0.1) is 17.3 Å². The number of benzene rings is 2. The highest BCUT2D eigenvalue weighted by molar-refractivity contribution is 7.16. The van der Waals surface area contributed by atoms with E-state index in [4.69, 9.17) is 4.74 Å². The van der Waals surface area contributed by atoms with Crippen molar-refractivity contribution in [2.24, 2.45) is 0 Å². The summed E-state index contributed by atoms with van der Waals surface area (Å²) in [6.45, 7) is 3.95. The average Bonchev–Trinajstić information content (AvgIpc) is 2.90. The van der Waals surface area contributed by atoms with Gasteiger partial charge in [-0.2, -0.15) is 0 Å². The highest BCUT2D eigenvalue weighted by Crippen LogP contribution is 2.24. The van der Waals surface area contributed by atoms with Crippen LogP contribution in [0, 0.1) is 0 Å². The molecule has 6 nitrogen and oxygen atoms in total. The molecule has 0 unspecified atom stereocenters. The summed E-state index contributed by atoms with van der Waals surface area (Å²) in [6.07, 6.45) is 0. The number of amides is 2. The van der Waals surface area contributed by atoms with Crippen LogP contribution in [-0.4, -0.2) is 17.7 Å². The Hall–Kier alpha value is -2.80. The van der Waals surface area contributed by atoms with Gasteiger partial charge in [0, 0.05) is 23.5 Å². The lowest BCUT2D eigenvalue weighted by molar-refractivity contribution is 0.262. The van der Waals surface area contributed by atoms with Crippen LogP contribution in [0.5, 0.6) is 5.75 Å². The molecule has 2 aromatic carbocycles. The Morgan fingerprint density at radius 3 is 2.52 bits per heavy atom. The Bertz CT molecular complexity index is 975. The SMILES string of the molecule is COc1cccc(NC(=O)Nc2ccc3c(c2)sc(=O)n3C(C)C)c1. The number of aromatic nitrogens is 1. The molecule has 0 aliphatic carbocycles. The van der Waals surface area contributed by atoms with E-state index in [0.717, 1.165) is 10.2 Å². The maximum atomic E-state index is 12.2. The van der Waals surface area contributed by atoms with Gasteiger partial charge in [-0.3, -0.25) is 9.36 Å². The number of anilines is 2. The van der Waals surface area contributed by atoms with E-state index in [0.29, 0.717) is 17.1 Å². The first kappa shape index (κ1) is 17.0. The van der Waals surface area contributed by atoms with E-state index in [2.05, 4.69) is 10.6 Å². The van der Waals surface area contributed by atoms with Gasteiger partial charge in [-0.1, -0.05) is 17.4 Å². The van der Waals surface area contributed by atoms with Crippen LogP contribution in [0.2, 0.25) is 0 Å². The molecule has 0 bridgehead atoms. The molecule has 2 amide bonds. The summed E-state index contributed by atoms with van der Waals surface area (Å²) >= 11 is 1.18. The first-order chi connectivity index (χ1) is 12.0. The van der Waals surface area contributed by atoms with Crippen LogP contribution in [0.15, 0.2) is 47.3 Å². The third-order valence-electron chi connectivity index (χ3n) is 3.72. The molecule has 0 aliphatic rings. The topological polar surface area (TPSA) is 72.4 Å². The van der Waals surface area contributed by atoms with E-state index in [-0.39, 0.29) is 16.9 Å². The fourth-order valence-electron chi connectivity index (χ4n) is 2.60. The zero-order valence-corrected chi connectivity index (χ0v) is 15.0. The number of fused-ring (bicyclic) bond motifs is 1. The summed E-state index contributed by atoms with van der Waals surface area (Å²) < 4.78 is 7.73. The number of ether oxygens (including phenoxy) is 1. The van der Waals surface area contributed by atoms with Gasteiger partial charge in [-0.15, -0.1) is 0 Å². The smallest absolute Gasteiger partial charge is 0.323 e. The molecule has 3 aromatic rings. The zero-order valence-electron chi connectivity index (χ0n) is 14.2. The third-order valence-corrected chi connectivity index (χ3v) is 4.63. The Kier molecular flexibility index (Phi) is 4.76. The van der Waals surface area contributed by atoms with Gasteiger partial charge in [-0.05, 0) is 44.2 Å². The highest BCUT2D eigenvalue weighted by atomic mass is 32.1. The normalized spacial score (nSPS) is 10.9. The number of nitrogens with one attached hydrogen (secondary N) is 2. The van der Waals surface area contributed by atoms with E-state index in [9.17, 15) is 9.59 Å². The number of rotatable bonds is 4. The van der Waals surface area contributed by atoms with Crippen molar-refractivity contribution in [2.45, 2.75) is 19.9 Å². The Balaban J connectivity index is 1.78. The minimum Gasteiger partial charge on any atom is -0.497 e. The number of urea groups is 1. The van der Waals surface area contributed by atoms with E-state index in [1.165, 1.54) is 11.3 Å². The number of methoxy groups -OCH3 is 1. The van der Waals surface area contributed by atoms with Crippen LogP contribution in [0.4, 0.5) is 16.2 Å². The standard InChI is InChI=1S/C18H19N3O3S/c1-11(2)21-15-8-7-13(10-16(15)25-18(21)23)20-17(22)19-12-5-4-6-14(9-12)24-3/h4-11H,1-3H3,(H2,19,20,22). The summed E-state index contributed by atoms with van der Waals surface area (Å²) in [5.74, 6) is 0.666. The second-order valence-electron chi connectivity index (χ2n) is 5.83. The molecule has 0 fully saturated rings. The molecular weight excluding hydrogens is 338 g/mol. The van der Waals surface area contributed by atoms with Gasteiger partial charge < -0.3 is 15.4 Å². The van der Waals surface area contributed by atoms with Gasteiger partial charge in [-0.25, -0.2) is 4.79 Å². The lowest BCUT2D eigenvalue weighted by Gasteiger charge is -2.10. The average molecular weight is 357 g/mol. The molecule has 0 saturated heterocycles. The summed E-state index contributed by atoms with van der Waals surface area (Å²) in [5.41, 5.74) is 2.14. The van der Waals surface area contributed by atoms with Crippen LogP contribution in [0.1, 0.15) is 19.9 Å². The second kappa shape index (κ2) is 6.98. The molecule has 3 rings (SSSR count). The molecular formula is C18H19N3O3S. The maximum Gasteiger partial charge on any atom is 0.323 e. The molecule has 0 radical (unpaired) electrons. The predicted molar refractivity (Wildman–Crippen MR) is 102 cm³/mol. The molecule has 0 aliphatic heterocycles. The summed E-state index contributed by atoms with van der Waals surface area (Å²) in [5, 5.41) is 5.54.